The molecule has 0 aromatic rings. The van der Waals surface area contributed by atoms with Gasteiger partial charge in [-0.25, -0.2) is 15.6 Å². The van der Waals surface area contributed by atoms with Crippen LogP contribution in [0.1, 0.15) is 13.3 Å². The lowest BCUT2D eigenvalue weighted by atomic mass is 10.3. The molecule has 1 heterocycles. The Labute approximate surface area is 63.8 Å². The Bertz CT molecular complexity index is 234. The summed E-state index contributed by atoms with van der Waals surface area (Å²) in [6.45, 7) is 1.86. The molecule has 1 aliphatic rings. The van der Waals surface area contributed by atoms with Gasteiger partial charge in [-0.2, -0.15) is 0 Å². The molecule has 5 heteroatoms. The number of allylic oxidation sites excluding steroid dienone is 1. The van der Waals surface area contributed by atoms with Crippen molar-refractivity contribution in [1.29, 1.82) is 0 Å². The lowest BCUT2D eigenvalue weighted by Gasteiger charge is -2.04. The van der Waals surface area contributed by atoms with Gasteiger partial charge in [0.1, 0.15) is 5.70 Å². The summed E-state index contributed by atoms with van der Waals surface area (Å²) in [5, 5.41) is 2.87. The quantitative estimate of drug-likeness (QED) is 0.236. The maximum absolute atomic E-state index is 10.9. The van der Waals surface area contributed by atoms with Gasteiger partial charge < -0.3 is 0 Å². The Morgan fingerprint density at radius 3 is 2.64 bits per heavy atom. The normalized spacial score (nSPS) is 21.3. The van der Waals surface area contributed by atoms with Gasteiger partial charge in [0.25, 0.3) is 5.91 Å². The first-order valence-electron chi connectivity index (χ1n) is 3.27. The van der Waals surface area contributed by atoms with Gasteiger partial charge in [0.15, 0.2) is 0 Å². The van der Waals surface area contributed by atoms with Crippen LogP contribution < -0.4 is 11.2 Å². The van der Waals surface area contributed by atoms with Crippen LogP contribution in [-0.4, -0.2) is 16.9 Å². The summed E-state index contributed by atoms with van der Waals surface area (Å²) in [5.74, 6) is 4.80. The number of hydrogen-bond acceptors (Lipinski definition) is 3. The SMILES string of the molecule is CCC=C1C(=O)NC(=O)N1N. The topological polar surface area (TPSA) is 75.4 Å². The van der Waals surface area contributed by atoms with E-state index in [1.54, 1.807) is 6.08 Å². The van der Waals surface area contributed by atoms with E-state index in [2.05, 4.69) is 5.32 Å². The van der Waals surface area contributed by atoms with Crippen molar-refractivity contribution in [3.63, 3.8) is 0 Å². The van der Waals surface area contributed by atoms with Crippen molar-refractivity contribution in [1.82, 2.24) is 10.3 Å². The molecule has 0 spiro atoms. The number of carbonyl (C=O) groups is 2. The van der Waals surface area contributed by atoms with Gasteiger partial charge in [0, 0.05) is 0 Å². The number of rotatable bonds is 1. The summed E-state index contributed by atoms with van der Waals surface area (Å²) < 4.78 is 0. The van der Waals surface area contributed by atoms with E-state index in [1.165, 1.54) is 0 Å². The van der Waals surface area contributed by atoms with Crippen LogP contribution in [-0.2, 0) is 4.79 Å². The molecule has 0 unspecified atom stereocenters. The molecule has 0 bridgehead atoms. The second kappa shape index (κ2) is 2.71. The van der Waals surface area contributed by atoms with Crippen LogP contribution in [0.2, 0.25) is 0 Å². The number of hydrogen-bond donors (Lipinski definition) is 2. The molecule has 3 amide bonds. The number of urea groups is 1. The lowest BCUT2D eigenvalue weighted by molar-refractivity contribution is -0.116. The van der Waals surface area contributed by atoms with E-state index in [0.717, 1.165) is 5.01 Å². The summed E-state index contributed by atoms with van der Waals surface area (Å²) in [4.78, 5) is 21.6. The largest absolute Gasteiger partial charge is 0.343 e. The fourth-order valence-electron chi connectivity index (χ4n) is 0.825. The van der Waals surface area contributed by atoms with Crippen LogP contribution in [0.5, 0.6) is 0 Å². The van der Waals surface area contributed by atoms with Crippen molar-refractivity contribution in [3.05, 3.63) is 11.8 Å². The highest BCUT2D eigenvalue weighted by molar-refractivity contribution is 6.11. The molecule has 0 atom stereocenters. The van der Waals surface area contributed by atoms with Gasteiger partial charge in [0.2, 0.25) is 0 Å². The van der Waals surface area contributed by atoms with Gasteiger partial charge in [-0.15, -0.1) is 0 Å². The molecule has 0 aromatic heterocycles. The van der Waals surface area contributed by atoms with Gasteiger partial charge in [-0.3, -0.25) is 10.1 Å². The van der Waals surface area contributed by atoms with Crippen LogP contribution >= 0.6 is 0 Å². The molecule has 3 N–H and O–H groups in total. The third-order valence-corrected chi connectivity index (χ3v) is 1.33. The standard InChI is InChI=1S/C6H9N3O2/c1-2-3-4-5(10)8-6(11)9(4)7/h3H,2,7H2,1H3,(H,8,10,11). The summed E-state index contributed by atoms with van der Waals surface area (Å²) in [7, 11) is 0. The molecular weight excluding hydrogens is 146 g/mol. The predicted molar refractivity (Wildman–Crippen MR) is 37.9 cm³/mol. The van der Waals surface area contributed by atoms with Gasteiger partial charge in [-0.05, 0) is 6.42 Å². The Balaban J connectivity index is 2.88. The zero-order chi connectivity index (χ0) is 8.43. The first-order chi connectivity index (χ1) is 5.16. The zero-order valence-corrected chi connectivity index (χ0v) is 6.13. The number of hydrazine groups is 1. The molecule has 0 aliphatic carbocycles. The Kier molecular flexibility index (Phi) is 1.91. The van der Waals surface area contributed by atoms with Gasteiger partial charge >= 0.3 is 6.03 Å². The van der Waals surface area contributed by atoms with Crippen molar-refractivity contribution in [2.24, 2.45) is 5.84 Å². The van der Waals surface area contributed by atoms with Crippen molar-refractivity contribution >= 4 is 11.9 Å². The first kappa shape index (κ1) is 7.74. The molecular formula is C6H9N3O2. The lowest BCUT2D eigenvalue weighted by Crippen LogP contribution is -2.33. The highest BCUT2D eigenvalue weighted by Crippen LogP contribution is 2.07. The third-order valence-electron chi connectivity index (χ3n) is 1.33. The third kappa shape index (κ3) is 1.22. The van der Waals surface area contributed by atoms with Gasteiger partial charge in [-0.1, -0.05) is 13.0 Å². The minimum atomic E-state index is -0.574. The van der Waals surface area contributed by atoms with E-state index in [9.17, 15) is 9.59 Å². The van der Waals surface area contributed by atoms with E-state index in [1.807, 2.05) is 6.92 Å². The van der Waals surface area contributed by atoms with E-state index >= 15 is 0 Å². The number of imide groups is 1. The van der Waals surface area contributed by atoms with Crippen LogP contribution in [0.4, 0.5) is 4.79 Å². The molecule has 1 aliphatic heterocycles. The molecule has 11 heavy (non-hydrogen) atoms. The molecule has 1 saturated heterocycles. The highest BCUT2D eigenvalue weighted by atomic mass is 16.2. The summed E-state index contributed by atoms with van der Waals surface area (Å²) in [5.41, 5.74) is 0.220. The van der Waals surface area contributed by atoms with E-state index < -0.39 is 11.9 Å². The van der Waals surface area contributed by atoms with Crippen LogP contribution in [0.15, 0.2) is 11.8 Å². The predicted octanol–water partition coefficient (Wildman–Crippen LogP) is -0.294. The number of carbonyl (C=O) groups excluding carboxylic acids is 2. The van der Waals surface area contributed by atoms with E-state index in [-0.39, 0.29) is 5.70 Å². The number of nitrogens with two attached hydrogens (primary N) is 1. The smallest absolute Gasteiger partial charge is 0.271 e. The minimum Gasteiger partial charge on any atom is -0.271 e. The molecule has 5 nitrogen and oxygen atoms in total. The van der Waals surface area contributed by atoms with Crippen LogP contribution in [0.25, 0.3) is 0 Å². The van der Waals surface area contributed by atoms with E-state index in [0.29, 0.717) is 6.42 Å². The van der Waals surface area contributed by atoms with Crippen LogP contribution in [0.3, 0.4) is 0 Å². The molecule has 0 saturated carbocycles. The molecule has 0 aromatic carbocycles. The van der Waals surface area contributed by atoms with Crippen molar-refractivity contribution in [2.75, 3.05) is 0 Å². The van der Waals surface area contributed by atoms with Crippen molar-refractivity contribution < 1.29 is 9.59 Å². The number of amides is 3. The number of nitrogens with one attached hydrogen (secondary N) is 1. The fourth-order valence-corrected chi connectivity index (χ4v) is 0.825. The summed E-state index contributed by atoms with van der Waals surface area (Å²) in [6.07, 6.45) is 2.27. The molecule has 1 fully saturated rings. The minimum absolute atomic E-state index is 0.220. The second-order valence-electron chi connectivity index (χ2n) is 2.13. The maximum Gasteiger partial charge on any atom is 0.343 e. The fraction of sp³-hybridized carbons (Fsp3) is 0.333. The average Bonchev–Trinajstić information content (AvgIpc) is 2.17. The summed E-state index contributed by atoms with van der Waals surface area (Å²) in [6, 6.07) is -0.574. The van der Waals surface area contributed by atoms with Gasteiger partial charge in [0.05, 0.1) is 0 Å². The van der Waals surface area contributed by atoms with E-state index in [4.69, 9.17) is 5.84 Å². The number of nitrogens with zero attached hydrogens (tertiary/aromatic N) is 1. The molecule has 1 rings (SSSR count). The monoisotopic (exact) mass is 155 g/mol. The van der Waals surface area contributed by atoms with Crippen LogP contribution in [0, 0.1) is 0 Å². The second-order valence-corrected chi connectivity index (χ2v) is 2.13. The highest BCUT2D eigenvalue weighted by Gasteiger charge is 2.29. The van der Waals surface area contributed by atoms with Crippen molar-refractivity contribution in [2.45, 2.75) is 13.3 Å². The summed E-state index contributed by atoms with van der Waals surface area (Å²) >= 11 is 0. The Morgan fingerprint density at radius 1 is 1.64 bits per heavy atom. The Hall–Kier alpha value is -1.36. The average molecular weight is 155 g/mol. The Morgan fingerprint density at radius 2 is 2.27 bits per heavy atom. The first-order valence-corrected chi connectivity index (χ1v) is 3.27. The zero-order valence-electron chi connectivity index (χ0n) is 6.13. The van der Waals surface area contributed by atoms with Crippen molar-refractivity contribution in [3.8, 4) is 0 Å². The molecule has 60 valence electrons. The maximum atomic E-state index is 10.9. The molecule has 0 radical (unpaired) electrons.